The molecule has 0 fully saturated rings. The largest absolute Gasteiger partial charge is 0.490 e. The number of nitrogens with one attached hydrogen (secondary N) is 1. The number of halogens is 2. The van der Waals surface area contributed by atoms with Crippen molar-refractivity contribution in [1.82, 2.24) is 4.90 Å². The van der Waals surface area contributed by atoms with Crippen molar-refractivity contribution in [3.05, 3.63) is 75.3 Å². The number of benzene rings is 2. The van der Waals surface area contributed by atoms with E-state index in [0.717, 1.165) is 11.4 Å². The highest BCUT2D eigenvalue weighted by Gasteiger charge is 2.48. The third-order valence-corrected chi connectivity index (χ3v) is 8.62. The third-order valence-electron chi connectivity index (χ3n) is 8.34. The van der Waals surface area contributed by atoms with Crippen LogP contribution in [0.3, 0.4) is 0 Å². The highest BCUT2D eigenvalue weighted by atomic mass is 35.5. The fourth-order valence-electron chi connectivity index (χ4n) is 6.54. The summed E-state index contributed by atoms with van der Waals surface area (Å²) in [5.74, 6) is -1.24. The standard InChI is InChI=1S/C34H38ClFN2O5/c1-7-42-27-13-19(12-20(35)32(27)43-18-28(41)37-22-11-9-8-10-21(22)36)29-30-23(14-33(2,3)16-25(30)39)38(6)24-15-34(4,5)17-26(40)31(24)29/h8-13,29H,7,14-18H2,1-6H3,(H,37,41). The Morgan fingerprint density at radius 2 is 1.56 bits per heavy atom. The molecule has 2 aromatic carbocycles. The van der Waals surface area contributed by atoms with Gasteiger partial charge in [0, 0.05) is 48.3 Å². The molecule has 0 aromatic heterocycles. The van der Waals surface area contributed by atoms with E-state index in [9.17, 15) is 18.8 Å². The van der Waals surface area contributed by atoms with Crippen LogP contribution in [0.4, 0.5) is 10.1 Å². The van der Waals surface area contributed by atoms with Gasteiger partial charge in [0.15, 0.2) is 29.7 Å². The summed E-state index contributed by atoms with van der Waals surface area (Å²) in [5, 5.41) is 2.67. The second-order valence-electron chi connectivity index (χ2n) is 13.2. The van der Waals surface area contributed by atoms with Crippen molar-refractivity contribution in [2.75, 3.05) is 25.6 Å². The van der Waals surface area contributed by atoms with E-state index in [0.29, 0.717) is 48.1 Å². The maximum atomic E-state index is 14.0. The topological polar surface area (TPSA) is 84.9 Å². The lowest BCUT2D eigenvalue weighted by Crippen LogP contribution is -2.43. The van der Waals surface area contributed by atoms with Gasteiger partial charge in [-0.25, -0.2) is 4.39 Å². The lowest BCUT2D eigenvalue weighted by atomic mass is 9.63. The number of nitrogens with zero attached hydrogens (tertiary/aromatic N) is 1. The molecule has 0 atom stereocenters. The van der Waals surface area contributed by atoms with Crippen molar-refractivity contribution in [3.8, 4) is 11.5 Å². The van der Waals surface area contributed by atoms with Gasteiger partial charge in [0.2, 0.25) is 0 Å². The summed E-state index contributed by atoms with van der Waals surface area (Å²) in [5.41, 5.74) is 3.41. The van der Waals surface area contributed by atoms with Crippen LogP contribution in [-0.4, -0.2) is 42.6 Å². The predicted octanol–water partition coefficient (Wildman–Crippen LogP) is 7.21. The molecule has 9 heteroatoms. The number of allylic oxidation sites excluding steroid dienone is 4. The number of anilines is 1. The first kappa shape index (κ1) is 30.8. The SMILES string of the molecule is CCOc1cc(C2C3=C(CC(C)(C)CC3=O)N(C)C3=C2C(=O)CC(C)(C)C3)cc(Cl)c1OCC(=O)Nc1ccccc1F. The van der Waals surface area contributed by atoms with Gasteiger partial charge in [-0.2, -0.15) is 0 Å². The van der Waals surface area contributed by atoms with Gasteiger partial charge in [-0.3, -0.25) is 14.4 Å². The Morgan fingerprint density at radius 1 is 0.977 bits per heavy atom. The Balaban J connectivity index is 1.55. The van der Waals surface area contributed by atoms with Gasteiger partial charge >= 0.3 is 0 Å². The summed E-state index contributed by atoms with van der Waals surface area (Å²) < 4.78 is 25.7. The first-order valence-electron chi connectivity index (χ1n) is 14.6. The van der Waals surface area contributed by atoms with E-state index >= 15 is 0 Å². The van der Waals surface area contributed by atoms with E-state index in [1.807, 2.05) is 14.0 Å². The molecule has 0 saturated heterocycles. The molecule has 1 N–H and O–H groups in total. The molecule has 1 heterocycles. The summed E-state index contributed by atoms with van der Waals surface area (Å²) in [6.07, 6.45) is 2.17. The molecule has 2 aliphatic carbocycles. The van der Waals surface area contributed by atoms with Crippen molar-refractivity contribution in [1.29, 1.82) is 0 Å². The van der Waals surface area contributed by atoms with Gasteiger partial charge < -0.3 is 19.7 Å². The number of amides is 1. The molecule has 0 saturated carbocycles. The quantitative estimate of drug-likeness (QED) is 0.357. The van der Waals surface area contributed by atoms with Crippen molar-refractivity contribution in [3.63, 3.8) is 0 Å². The number of para-hydroxylation sites is 1. The number of rotatable bonds is 7. The molecular weight excluding hydrogens is 571 g/mol. The van der Waals surface area contributed by atoms with E-state index in [4.69, 9.17) is 21.1 Å². The van der Waals surface area contributed by atoms with Gasteiger partial charge in [-0.1, -0.05) is 51.4 Å². The van der Waals surface area contributed by atoms with E-state index in [-0.39, 0.29) is 45.5 Å². The van der Waals surface area contributed by atoms with Crippen LogP contribution in [-0.2, 0) is 14.4 Å². The van der Waals surface area contributed by atoms with Crippen LogP contribution in [0.25, 0.3) is 0 Å². The molecule has 228 valence electrons. The molecule has 43 heavy (non-hydrogen) atoms. The normalized spacial score (nSPS) is 19.7. The van der Waals surface area contributed by atoms with Crippen molar-refractivity contribution < 1.29 is 28.2 Å². The van der Waals surface area contributed by atoms with Crippen LogP contribution in [0.2, 0.25) is 5.02 Å². The number of carbonyl (C=O) groups excluding carboxylic acids is 3. The van der Waals surface area contributed by atoms with E-state index in [1.165, 1.54) is 18.2 Å². The Kier molecular flexibility index (Phi) is 8.20. The second kappa shape index (κ2) is 11.5. The van der Waals surface area contributed by atoms with E-state index < -0.39 is 24.2 Å². The number of Topliss-reactive ketones (excluding diaryl/α,β-unsaturated/α-hetero) is 2. The maximum Gasteiger partial charge on any atom is 0.262 e. The highest BCUT2D eigenvalue weighted by molar-refractivity contribution is 6.32. The summed E-state index contributed by atoms with van der Waals surface area (Å²) >= 11 is 6.79. The van der Waals surface area contributed by atoms with E-state index in [2.05, 4.69) is 37.9 Å². The fraction of sp³-hybridized carbons (Fsp3) is 0.441. The van der Waals surface area contributed by atoms with Crippen LogP contribution in [0.1, 0.15) is 71.8 Å². The molecule has 0 spiro atoms. The van der Waals surface area contributed by atoms with Crippen molar-refractivity contribution in [2.24, 2.45) is 10.8 Å². The number of ether oxygens (including phenoxy) is 2. The first-order valence-corrected chi connectivity index (χ1v) is 15.0. The van der Waals surface area contributed by atoms with E-state index in [1.54, 1.807) is 18.2 Å². The maximum absolute atomic E-state index is 14.0. The van der Waals surface area contributed by atoms with Gasteiger partial charge in [0.25, 0.3) is 5.91 Å². The highest BCUT2D eigenvalue weighted by Crippen LogP contribution is 2.55. The van der Waals surface area contributed by atoms with Gasteiger partial charge in [0.05, 0.1) is 17.3 Å². The molecule has 5 rings (SSSR count). The van der Waals surface area contributed by atoms with Gasteiger partial charge in [0.1, 0.15) is 5.82 Å². The molecule has 0 bridgehead atoms. The Bertz CT molecular complexity index is 1520. The minimum absolute atomic E-state index is 0.0199. The minimum atomic E-state index is -0.594. The summed E-state index contributed by atoms with van der Waals surface area (Å²) in [6, 6.07) is 9.30. The number of hydrogen-bond acceptors (Lipinski definition) is 6. The van der Waals surface area contributed by atoms with Crippen LogP contribution < -0.4 is 14.8 Å². The molecule has 1 aliphatic heterocycles. The molecule has 2 aromatic rings. The van der Waals surface area contributed by atoms with Crippen LogP contribution in [0.15, 0.2) is 58.9 Å². The lowest BCUT2D eigenvalue weighted by molar-refractivity contribution is -0.120. The summed E-state index contributed by atoms with van der Waals surface area (Å²) in [4.78, 5) is 42.3. The Hall–Kier alpha value is -3.65. The monoisotopic (exact) mass is 608 g/mol. The zero-order valence-corrected chi connectivity index (χ0v) is 26.3. The van der Waals surface area contributed by atoms with Crippen LogP contribution in [0, 0.1) is 16.6 Å². The zero-order chi connectivity index (χ0) is 31.3. The van der Waals surface area contributed by atoms with Gasteiger partial charge in [-0.05, 0) is 60.4 Å². The minimum Gasteiger partial charge on any atom is -0.490 e. The van der Waals surface area contributed by atoms with Crippen molar-refractivity contribution >= 4 is 34.8 Å². The average Bonchev–Trinajstić information content (AvgIpc) is 2.89. The predicted molar refractivity (Wildman–Crippen MR) is 164 cm³/mol. The second-order valence-corrected chi connectivity index (χ2v) is 13.6. The molecule has 7 nitrogen and oxygen atoms in total. The molecule has 3 aliphatic rings. The van der Waals surface area contributed by atoms with Gasteiger partial charge in [-0.15, -0.1) is 0 Å². The van der Waals surface area contributed by atoms with Crippen LogP contribution >= 0.6 is 11.6 Å². The fourth-order valence-corrected chi connectivity index (χ4v) is 6.82. The smallest absolute Gasteiger partial charge is 0.262 e. The molecule has 0 radical (unpaired) electrons. The van der Waals surface area contributed by atoms with Crippen molar-refractivity contribution in [2.45, 2.75) is 66.2 Å². The molecule has 1 amide bonds. The number of ketones is 2. The number of hydrogen-bond donors (Lipinski definition) is 1. The summed E-state index contributed by atoms with van der Waals surface area (Å²) in [7, 11) is 1.96. The summed E-state index contributed by atoms with van der Waals surface area (Å²) in [6.45, 7) is 10.0. The average molecular weight is 609 g/mol. The Labute approximate surface area is 257 Å². The Morgan fingerprint density at radius 3 is 2.12 bits per heavy atom. The lowest BCUT2D eigenvalue weighted by Gasteiger charge is -2.48. The number of carbonyl (C=O) groups is 3. The molecule has 0 unspecified atom stereocenters. The third kappa shape index (κ3) is 6.07. The first-order chi connectivity index (χ1) is 20.2. The zero-order valence-electron chi connectivity index (χ0n) is 25.5. The van der Waals surface area contributed by atoms with Crippen LogP contribution in [0.5, 0.6) is 11.5 Å². The molecular formula is C34H38ClFN2O5.